The first-order chi connectivity index (χ1) is 10.7. The number of nitrogens with one attached hydrogen (secondary N) is 2. The van der Waals surface area contributed by atoms with Crippen LogP contribution in [-0.2, 0) is 13.0 Å². The molecule has 0 amide bonds. The average molecular weight is 320 g/mol. The molecule has 0 atom stereocenters. The molecule has 0 saturated carbocycles. The topological polar surface area (TPSA) is 67.1 Å². The summed E-state index contributed by atoms with van der Waals surface area (Å²) in [5.74, 6) is 0.847. The van der Waals surface area contributed by atoms with Gasteiger partial charge in [-0.1, -0.05) is 0 Å². The lowest BCUT2D eigenvalue weighted by Gasteiger charge is -2.11. The summed E-state index contributed by atoms with van der Waals surface area (Å²) in [4.78, 5) is 10.4. The highest BCUT2D eigenvalue weighted by molar-refractivity contribution is 7.11. The summed E-state index contributed by atoms with van der Waals surface area (Å²) >= 11 is 1.76. The van der Waals surface area contributed by atoms with E-state index in [1.165, 1.54) is 4.88 Å². The van der Waals surface area contributed by atoms with Gasteiger partial charge in [-0.2, -0.15) is 5.10 Å². The lowest BCUT2D eigenvalue weighted by atomic mass is 10.4. The maximum absolute atomic E-state index is 4.60. The minimum Gasteiger partial charge on any atom is -0.357 e. The van der Waals surface area contributed by atoms with Crippen molar-refractivity contribution in [2.45, 2.75) is 33.7 Å². The predicted molar refractivity (Wildman–Crippen MR) is 91.5 cm³/mol. The van der Waals surface area contributed by atoms with Crippen LogP contribution < -0.4 is 10.6 Å². The van der Waals surface area contributed by atoms with Crippen molar-refractivity contribution in [3.8, 4) is 0 Å². The van der Waals surface area contributed by atoms with E-state index in [9.17, 15) is 0 Å². The molecule has 0 aliphatic heterocycles. The molecular weight excluding hydrogens is 296 g/mol. The van der Waals surface area contributed by atoms with Gasteiger partial charge in [-0.3, -0.25) is 9.67 Å². The van der Waals surface area contributed by atoms with Crippen LogP contribution in [0, 0.1) is 13.8 Å². The van der Waals surface area contributed by atoms with Crippen LogP contribution in [0.4, 0.5) is 0 Å². The van der Waals surface area contributed by atoms with E-state index in [0.29, 0.717) is 0 Å². The molecule has 0 bridgehead atoms. The van der Waals surface area contributed by atoms with E-state index in [1.807, 2.05) is 16.9 Å². The Labute approximate surface area is 135 Å². The molecule has 0 spiro atoms. The van der Waals surface area contributed by atoms with Gasteiger partial charge < -0.3 is 10.6 Å². The summed E-state index contributed by atoms with van der Waals surface area (Å²) in [5.41, 5.74) is 1.13. The largest absolute Gasteiger partial charge is 0.357 e. The van der Waals surface area contributed by atoms with Gasteiger partial charge in [0.15, 0.2) is 5.96 Å². The summed E-state index contributed by atoms with van der Waals surface area (Å²) < 4.78 is 1.90. The second-order valence-corrected chi connectivity index (χ2v) is 6.24. The maximum atomic E-state index is 4.60. The normalized spacial score (nSPS) is 11.7. The number of aryl methyl sites for hydroxylation is 2. The summed E-state index contributed by atoms with van der Waals surface area (Å²) in [6.45, 7) is 9.44. The fraction of sp³-hybridized carbons (Fsp3) is 0.533. The zero-order valence-electron chi connectivity index (χ0n) is 13.5. The van der Waals surface area contributed by atoms with Crippen LogP contribution in [0.2, 0.25) is 0 Å². The van der Waals surface area contributed by atoms with Crippen molar-refractivity contribution in [1.82, 2.24) is 25.4 Å². The van der Waals surface area contributed by atoms with Gasteiger partial charge >= 0.3 is 0 Å². The van der Waals surface area contributed by atoms with E-state index in [4.69, 9.17) is 0 Å². The van der Waals surface area contributed by atoms with Crippen LogP contribution in [0.5, 0.6) is 0 Å². The summed E-state index contributed by atoms with van der Waals surface area (Å²) in [6.07, 6.45) is 4.63. The lowest BCUT2D eigenvalue weighted by Crippen LogP contribution is -2.39. The average Bonchev–Trinajstić information content (AvgIpc) is 3.10. The molecule has 7 heteroatoms. The van der Waals surface area contributed by atoms with Gasteiger partial charge in [0.25, 0.3) is 0 Å². The summed E-state index contributed by atoms with van der Waals surface area (Å²) in [6, 6.07) is 1.93. The molecule has 2 N–H and O–H groups in total. The van der Waals surface area contributed by atoms with Gasteiger partial charge in [0.05, 0.1) is 17.2 Å². The van der Waals surface area contributed by atoms with E-state index in [0.717, 1.165) is 49.3 Å². The fourth-order valence-corrected chi connectivity index (χ4v) is 2.90. The molecule has 2 heterocycles. The van der Waals surface area contributed by atoms with Crippen molar-refractivity contribution in [1.29, 1.82) is 0 Å². The Morgan fingerprint density at radius 3 is 2.86 bits per heavy atom. The molecule has 120 valence electrons. The standard InChI is InChI=1S/C15H24N6S/c1-4-16-15(18-9-11-21-10-5-7-19-21)17-8-6-14-20-12(2)13(3)22-14/h5,7,10H,4,6,8-9,11H2,1-3H3,(H2,16,17,18). The van der Waals surface area contributed by atoms with Crippen LogP contribution in [0.1, 0.15) is 22.5 Å². The van der Waals surface area contributed by atoms with E-state index in [-0.39, 0.29) is 0 Å². The molecule has 2 rings (SSSR count). The molecular formula is C15H24N6S. The molecule has 0 aliphatic rings. The minimum atomic E-state index is 0.740. The molecule has 0 saturated heterocycles. The molecule has 0 fully saturated rings. The van der Waals surface area contributed by atoms with Crippen LogP contribution in [0.15, 0.2) is 23.5 Å². The smallest absolute Gasteiger partial charge is 0.191 e. The zero-order chi connectivity index (χ0) is 15.8. The van der Waals surface area contributed by atoms with Crippen molar-refractivity contribution in [2.24, 2.45) is 4.99 Å². The number of thiazole rings is 1. The van der Waals surface area contributed by atoms with Crippen molar-refractivity contribution < 1.29 is 0 Å². The number of hydrogen-bond donors (Lipinski definition) is 2. The predicted octanol–water partition coefficient (Wildman–Crippen LogP) is 1.75. The van der Waals surface area contributed by atoms with Gasteiger partial charge in [-0.05, 0) is 26.8 Å². The van der Waals surface area contributed by atoms with Crippen LogP contribution in [0.25, 0.3) is 0 Å². The first kappa shape index (κ1) is 16.5. The number of hydrogen-bond acceptors (Lipinski definition) is 4. The van der Waals surface area contributed by atoms with E-state index in [2.05, 4.69) is 46.5 Å². The lowest BCUT2D eigenvalue weighted by molar-refractivity contribution is 0.598. The minimum absolute atomic E-state index is 0.740. The maximum Gasteiger partial charge on any atom is 0.191 e. The van der Waals surface area contributed by atoms with Crippen molar-refractivity contribution >= 4 is 17.3 Å². The highest BCUT2D eigenvalue weighted by atomic mass is 32.1. The van der Waals surface area contributed by atoms with E-state index < -0.39 is 0 Å². The first-order valence-corrected chi connectivity index (χ1v) is 8.43. The van der Waals surface area contributed by atoms with Gasteiger partial charge in [-0.25, -0.2) is 4.98 Å². The molecule has 0 aliphatic carbocycles. The fourth-order valence-electron chi connectivity index (χ4n) is 1.97. The number of guanidine groups is 1. The Morgan fingerprint density at radius 2 is 2.23 bits per heavy atom. The molecule has 2 aromatic heterocycles. The third kappa shape index (κ3) is 5.14. The van der Waals surface area contributed by atoms with E-state index in [1.54, 1.807) is 17.5 Å². The van der Waals surface area contributed by atoms with Gasteiger partial charge in [-0.15, -0.1) is 11.3 Å². The highest BCUT2D eigenvalue weighted by Crippen LogP contribution is 2.16. The van der Waals surface area contributed by atoms with Crippen LogP contribution in [-0.4, -0.2) is 40.4 Å². The Morgan fingerprint density at radius 1 is 1.36 bits per heavy atom. The number of nitrogens with zero attached hydrogens (tertiary/aromatic N) is 4. The quantitative estimate of drug-likeness (QED) is 0.602. The third-order valence-corrected chi connectivity index (χ3v) is 4.34. The Kier molecular flexibility index (Phi) is 6.39. The second-order valence-electron chi connectivity index (χ2n) is 4.96. The van der Waals surface area contributed by atoms with E-state index >= 15 is 0 Å². The molecule has 22 heavy (non-hydrogen) atoms. The molecule has 2 aromatic rings. The molecule has 6 nitrogen and oxygen atoms in total. The number of rotatable bonds is 7. The molecule has 0 unspecified atom stereocenters. The molecule has 0 radical (unpaired) electrons. The first-order valence-electron chi connectivity index (χ1n) is 7.61. The summed E-state index contributed by atoms with van der Waals surface area (Å²) in [7, 11) is 0. The Balaban J connectivity index is 1.78. The van der Waals surface area contributed by atoms with Gasteiger partial charge in [0.2, 0.25) is 0 Å². The van der Waals surface area contributed by atoms with Crippen LogP contribution in [0.3, 0.4) is 0 Å². The van der Waals surface area contributed by atoms with Crippen molar-refractivity contribution in [3.05, 3.63) is 34.0 Å². The van der Waals surface area contributed by atoms with Crippen molar-refractivity contribution in [2.75, 3.05) is 19.6 Å². The number of aromatic nitrogens is 3. The van der Waals surface area contributed by atoms with Gasteiger partial charge in [0.1, 0.15) is 0 Å². The highest BCUT2D eigenvalue weighted by Gasteiger charge is 2.03. The van der Waals surface area contributed by atoms with Crippen molar-refractivity contribution in [3.63, 3.8) is 0 Å². The zero-order valence-corrected chi connectivity index (χ0v) is 14.3. The molecule has 0 aromatic carbocycles. The van der Waals surface area contributed by atoms with Crippen LogP contribution >= 0.6 is 11.3 Å². The number of aliphatic imine (C=N–C) groups is 1. The Bertz CT molecular complexity index is 568. The Hall–Kier alpha value is -1.89. The monoisotopic (exact) mass is 320 g/mol. The SMILES string of the molecule is CCNC(=NCCc1nc(C)c(C)s1)NCCn1cccn1. The summed E-state index contributed by atoms with van der Waals surface area (Å²) in [5, 5.41) is 11.9. The van der Waals surface area contributed by atoms with Gasteiger partial charge in [0, 0.05) is 43.3 Å². The second kappa shape index (κ2) is 8.53. The third-order valence-electron chi connectivity index (χ3n) is 3.21.